The van der Waals surface area contributed by atoms with Crippen LogP contribution in [-0.2, 0) is 6.42 Å². The first-order chi connectivity index (χ1) is 10.1. The summed E-state index contributed by atoms with van der Waals surface area (Å²) in [6, 6.07) is 11.5. The van der Waals surface area contributed by atoms with Crippen molar-refractivity contribution >= 4 is 0 Å². The van der Waals surface area contributed by atoms with Crippen molar-refractivity contribution in [2.45, 2.75) is 64.0 Å². The van der Waals surface area contributed by atoms with Crippen LogP contribution < -0.4 is 5.73 Å². The lowest BCUT2D eigenvalue weighted by atomic mass is 9.79. The van der Waals surface area contributed by atoms with Crippen molar-refractivity contribution in [1.29, 1.82) is 0 Å². The van der Waals surface area contributed by atoms with Gasteiger partial charge in [0, 0.05) is 18.1 Å². The third-order valence-electron chi connectivity index (χ3n) is 5.73. The molecule has 0 aliphatic heterocycles. The molecule has 1 aliphatic carbocycles. The maximum atomic E-state index is 6.28. The number of hydrogen-bond donors (Lipinski definition) is 1. The summed E-state index contributed by atoms with van der Waals surface area (Å²) in [6.45, 7) is 5.44. The second-order valence-corrected chi connectivity index (χ2v) is 6.88. The molecule has 1 aliphatic rings. The molecular formula is C19H32N2. The summed E-state index contributed by atoms with van der Waals surface area (Å²) in [4.78, 5) is 2.63. The number of nitrogens with zero attached hydrogens (tertiary/aromatic N) is 1. The molecule has 21 heavy (non-hydrogen) atoms. The average Bonchev–Trinajstić information content (AvgIpc) is 2.53. The van der Waals surface area contributed by atoms with Gasteiger partial charge in [0.15, 0.2) is 0 Å². The van der Waals surface area contributed by atoms with Crippen LogP contribution in [0.5, 0.6) is 0 Å². The molecule has 118 valence electrons. The van der Waals surface area contributed by atoms with Crippen molar-refractivity contribution in [3.63, 3.8) is 0 Å². The highest BCUT2D eigenvalue weighted by Crippen LogP contribution is 2.34. The second kappa shape index (κ2) is 7.42. The first kappa shape index (κ1) is 16.5. The van der Waals surface area contributed by atoms with Gasteiger partial charge in [0.25, 0.3) is 0 Å². The molecule has 1 aromatic rings. The second-order valence-electron chi connectivity index (χ2n) is 6.88. The highest BCUT2D eigenvalue weighted by atomic mass is 15.2. The molecule has 1 saturated carbocycles. The van der Waals surface area contributed by atoms with Crippen LogP contribution in [0.25, 0.3) is 0 Å². The van der Waals surface area contributed by atoms with E-state index in [1.165, 1.54) is 31.2 Å². The van der Waals surface area contributed by atoms with Crippen LogP contribution in [0.1, 0.15) is 51.5 Å². The minimum Gasteiger partial charge on any atom is -0.329 e. The maximum absolute atomic E-state index is 6.28. The van der Waals surface area contributed by atoms with Gasteiger partial charge in [0.05, 0.1) is 0 Å². The summed E-state index contributed by atoms with van der Waals surface area (Å²) in [6.07, 6.45) is 7.62. The molecule has 0 radical (unpaired) electrons. The number of rotatable bonds is 6. The van der Waals surface area contributed by atoms with Crippen LogP contribution in [0.2, 0.25) is 0 Å². The van der Waals surface area contributed by atoms with Crippen molar-refractivity contribution in [2.24, 2.45) is 11.7 Å². The van der Waals surface area contributed by atoms with E-state index in [1.54, 1.807) is 0 Å². The fourth-order valence-corrected chi connectivity index (χ4v) is 4.06. The molecule has 2 N–H and O–H groups in total. The zero-order valence-electron chi connectivity index (χ0n) is 14.0. The normalized spacial score (nSPS) is 25.8. The van der Waals surface area contributed by atoms with Crippen molar-refractivity contribution in [3.05, 3.63) is 35.9 Å². The minimum atomic E-state index is 0.0949. The van der Waals surface area contributed by atoms with E-state index in [0.717, 1.165) is 25.3 Å². The van der Waals surface area contributed by atoms with Crippen LogP contribution in [0.15, 0.2) is 30.3 Å². The summed E-state index contributed by atoms with van der Waals surface area (Å²) >= 11 is 0. The van der Waals surface area contributed by atoms with Gasteiger partial charge in [-0.3, -0.25) is 4.90 Å². The van der Waals surface area contributed by atoms with Crippen molar-refractivity contribution in [3.8, 4) is 0 Å². The quantitative estimate of drug-likeness (QED) is 0.861. The summed E-state index contributed by atoms with van der Waals surface area (Å²) < 4.78 is 0. The molecule has 0 heterocycles. The predicted molar refractivity (Wildman–Crippen MR) is 91.4 cm³/mol. The number of benzene rings is 1. The fourth-order valence-electron chi connectivity index (χ4n) is 4.06. The molecule has 2 rings (SSSR count). The molecule has 1 fully saturated rings. The van der Waals surface area contributed by atoms with Crippen molar-refractivity contribution in [2.75, 3.05) is 13.6 Å². The number of nitrogens with two attached hydrogens (primary N) is 1. The Bertz CT molecular complexity index is 411. The van der Waals surface area contributed by atoms with Crippen LogP contribution in [0, 0.1) is 5.92 Å². The van der Waals surface area contributed by atoms with Crippen LogP contribution in [-0.4, -0.2) is 30.1 Å². The van der Waals surface area contributed by atoms with E-state index in [-0.39, 0.29) is 5.54 Å². The van der Waals surface area contributed by atoms with Crippen LogP contribution in [0.4, 0.5) is 0 Å². The highest BCUT2D eigenvalue weighted by Gasteiger charge is 2.38. The third kappa shape index (κ3) is 3.67. The first-order valence-corrected chi connectivity index (χ1v) is 8.60. The van der Waals surface area contributed by atoms with Gasteiger partial charge in [0.2, 0.25) is 0 Å². The zero-order chi connectivity index (χ0) is 15.3. The molecule has 2 nitrogen and oxygen atoms in total. The topological polar surface area (TPSA) is 29.3 Å². The molecular weight excluding hydrogens is 256 g/mol. The smallest absolute Gasteiger partial charge is 0.0369 e. The summed E-state index contributed by atoms with van der Waals surface area (Å²) in [5.74, 6) is 0.789. The zero-order valence-corrected chi connectivity index (χ0v) is 14.0. The third-order valence-corrected chi connectivity index (χ3v) is 5.73. The van der Waals surface area contributed by atoms with Gasteiger partial charge in [-0.2, -0.15) is 0 Å². The molecule has 0 spiro atoms. The Morgan fingerprint density at radius 3 is 2.43 bits per heavy atom. The molecule has 0 saturated heterocycles. The Morgan fingerprint density at radius 2 is 1.86 bits per heavy atom. The highest BCUT2D eigenvalue weighted by molar-refractivity contribution is 5.18. The van der Waals surface area contributed by atoms with Crippen molar-refractivity contribution < 1.29 is 0 Å². The van der Waals surface area contributed by atoms with E-state index in [2.05, 4.69) is 56.1 Å². The van der Waals surface area contributed by atoms with Gasteiger partial charge in [-0.1, -0.05) is 57.0 Å². The Hall–Kier alpha value is -0.860. The van der Waals surface area contributed by atoms with Gasteiger partial charge >= 0.3 is 0 Å². The minimum absolute atomic E-state index is 0.0949. The largest absolute Gasteiger partial charge is 0.329 e. The molecule has 1 aromatic carbocycles. The number of hydrogen-bond acceptors (Lipinski definition) is 2. The lowest BCUT2D eigenvalue weighted by Crippen LogP contribution is -2.58. The Labute approximate surface area is 130 Å². The van der Waals surface area contributed by atoms with Crippen LogP contribution in [0.3, 0.4) is 0 Å². The van der Waals surface area contributed by atoms with Gasteiger partial charge in [-0.15, -0.1) is 0 Å². The Morgan fingerprint density at radius 1 is 1.19 bits per heavy atom. The van der Waals surface area contributed by atoms with E-state index < -0.39 is 0 Å². The summed E-state index contributed by atoms with van der Waals surface area (Å²) in [7, 11) is 2.31. The van der Waals surface area contributed by atoms with E-state index in [1.807, 2.05) is 0 Å². The number of likely N-dealkylation sites (N-methyl/N-ethyl adjacent to an activating group) is 1. The average molecular weight is 288 g/mol. The van der Waals surface area contributed by atoms with E-state index >= 15 is 0 Å². The Balaban J connectivity index is 2.19. The lowest BCUT2D eigenvalue weighted by Gasteiger charge is -2.48. The molecule has 3 atom stereocenters. The van der Waals surface area contributed by atoms with E-state index in [4.69, 9.17) is 5.73 Å². The van der Waals surface area contributed by atoms with Crippen molar-refractivity contribution in [1.82, 2.24) is 4.90 Å². The standard InChI is InChI=1S/C19H32N2/c1-4-19(15-20,14-17-11-6-5-7-12-17)21(3)18-13-9-8-10-16(18)2/h5-7,11-12,16,18H,4,8-10,13-15,20H2,1-3H3. The maximum Gasteiger partial charge on any atom is 0.0369 e. The first-order valence-electron chi connectivity index (χ1n) is 8.60. The lowest BCUT2D eigenvalue weighted by molar-refractivity contribution is 0.0282. The summed E-state index contributed by atoms with van der Waals surface area (Å²) in [5.41, 5.74) is 7.78. The molecule has 0 bridgehead atoms. The summed E-state index contributed by atoms with van der Waals surface area (Å²) in [5, 5.41) is 0. The SMILES string of the molecule is CCC(CN)(Cc1ccccc1)N(C)C1CCCCC1C. The monoisotopic (exact) mass is 288 g/mol. The molecule has 0 aromatic heterocycles. The molecule has 2 heteroatoms. The fraction of sp³-hybridized carbons (Fsp3) is 0.684. The van der Waals surface area contributed by atoms with Gasteiger partial charge < -0.3 is 5.73 Å². The van der Waals surface area contributed by atoms with Gasteiger partial charge in [-0.25, -0.2) is 0 Å². The predicted octanol–water partition coefficient (Wildman–Crippen LogP) is 3.85. The van der Waals surface area contributed by atoms with E-state index in [9.17, 15) is 0 Å². The van der Waals surface area contributed by atoms with Gasteiger partial charge in [-0.05, 0) is 44.2 Å². The van der Waals surface area contributed by atoms with E-state index in [0.29, 0.717) is 6.04 Å². The van der Waals surface area contributed by atoms with Crippen LogP contribution >= 0.6 is 0 Å². The van der Waals surface area contributed by atoms with Gasteiger partial charge in [0.1, 0.15) is 0 Å². The molecule has 0 amide bonds. The Kier molecular flexibility index (Phi) is 5.83. The molecule has 3 unspecified atom stereocenters.